The van der Waals surface area contributed by atoms with E-state index in [0.717, 1.165) is 38.5 Å². The van der Waals surface area contributed by atoms with Crippen LogP contribution in [0.25, 0.3) is 22.3 Å². The summed E-state index contributed by atoms with van der Waals surface area (Å²) in [5.41, 5.74) is 6.03. The average Bonchev–Trinajstić information content (AvgIpc) is 3.83. The number of nitrogens with one attached hydrogen (secondary N) is 3. The van der Waals surface area contributed by atoms with Crippen molar-refractivity contribution < 1.29 is 100 Å². The van der Waals surface area contributed by atoms with Crippen molar-refractivity contribution in [3.8, 4) is 22.3 Å². The van der Waals surface area contributed by atoms with Crippen LogP contribution in [0.1, 0.15) is 58.5 Å². The number of halogens is 1. The van der Waals surface area contributed by atoms with Crippen molar-refractivity contribution in [3.05, 3.63) is 133 Å². The third-order valence-electron chi connectivity index (χ3n) is 6.80. The molecule has 1 aliphatic heterocycles. The number of carbonyl (C=O) groups excluding carboxylic acids is 3. The molecule has 0 spiro atoms. The number of nitrogens with zero attached hydrogens (tertiary/aromatic N) is 3. The van der Waals surface area contributed by atoms with Gasteiger partial charge in [0.05, 0.1) is 31.1 Å². The quantitative estimate of drug-likeness (QED) is 0.128. The SMILES string of the molecule is CCNC(=O)Cc1nocc1-c1[c-]cc[c-]c1.C[CH-]C.C[CH-]C.Clc1cc[c-]cc1.[CH2-]CN1C(=O)NCc2cc(-c3conc3CC(=O)NCC)[c-]cc21.[V+2].[V+2].[V+2].[W]. The van der Waals surface area contributed by atoms with Crippen molar-refractivity contribution in [2.75, 3.05) is 24.5 Å². The van der Waals surface area contributed by atoms with E-state index < -0.39 is 0 Å². The van der Waals surface area contributed by atoms with E-state index >= 15 is 0 Å². The van der Waals surface area contributed by atoms with Crippen LogP contribution in [0.3, 0.4) is 0 Å². The van der Waals surface area contributed by atoms with Crippen LogP contribution in [-0.4, -0.2) is 47.8 Å². The van der Waals surface area contributed by atoms with Crippen LogP contribution >= 0.6 is 11.6 Å². The molecule has 3 radical (unpaired) electrons. The second-order valence-electron chi connectivity index (χ2n) is 11.3. The predicted molar refractivity (Wildman–Crippen MR) is 212 cm³/mol. The summed E-state index contributed by atoms with van der Waals surface area (Å²) in [4.78, 5) is 36.7. The minimum absolute atomic E-state index is 0. The Hall–Kier alpha value is -2.98. The van der Waals surface area contributed by atoms with Crippen molar-refractivity contribution in [1.82, 2.24) is 26.3 Å². The van der Waals surface area contributed by atoms with Crippen LogP contribution in [0.4, 0.5) is 10.5 Å². The number of amides is 4. The fraction of sp³-hybridized carbons (Fsp3) is 0.286. The van der Waals surface area contributed by atoms with Gasteiger partial charge < -0.3 is 49.7 Å². The molecule has 3 heterocycles. The Kier molecular flexibility index (Phi) is 35.6. The van der Waals surface area contributed by atoms with Gasteiger partial charge >= 0.3 is 61.7 Å². The third-order valence-corrected chi connectivity index (χ3v) is 7.05. The first-order valence-corrected chi connectivity index (χ1v) is 17.8. The number of rotatable bonds is 9. The Balaban J connectivity index is -0.000000778. The number of hydrogen-bond donors (Lipinski definition) is 3. The fourth-order valence-corrected chi connectivity index (χ4v) is 4.71. The summed E-state index contributed by atoms with van der Waals surface area (Å²) >= 11 is 5.52. The monoisotopic (exact) mass is 1090 g/mol. The topological polar surface area (TPSA) is 143 Å². The molecule has 3 N–H and O–H groups in total. The van der Waals surface area contributed by atoms with Crippen LogP contribution in [0, 0.1) is 44.0 Å². The number of anilines is 1. The maximum atomic E-state index is 11.8. The van der Waals surface area contributed by atoms with E-state index in [2.05, 4.69) is 57.5 Å². The Bertz CT molecular complexity index is 1830. The number of hydrogen-bond acceptors (Lipinski definition) is 7. The summed E-state index contributed by atoms with van der Waals surface area (Å²) in [5.74, 6) is -0.177. The molecule has 0 saturated heterocycles. The van der Waals surface area contributed by atoms with E-state index in [9.17, 15) is 14.4 Å². The van der Waals surface area contributed by atoms with Crippen LogP contribution in [0.15, 0.2) is 76.2 Å². The molecule has 6 rings (SSSR count). The summed E-state index contributed by atoms with van der Waals surface area (Å²) in [5, 5.41) is 16.8. The van der Waals surface area contributed by atoms with Crippen LogP contribution in [0.5, 0.6) is 0 Å². The Morgan fingerprint density at radius 2 is 1.36 bits per heavy atom. The van der Waals surface area contributed by atoms with Gasteiger partial charge in [-0.1, -0.05) is 26.5 Å². The smallest absolute Gasteiger partial charge is 0.376 e. The summed E-state index contributed by atoms with van der Waals surface area (Å²) in [6, 6.07) is 28.0. The van der Waals surface area contributed by atoms with E-state index in [0.29, 0.717) is 37.6 Å². The molecule has 3 aromatic carbocycles. The van der Waals surface area contributed by atoms with E-state index in [-0.39, 0.29) is 107 Å². The fourth-order valence-electron chi connectivity index (χ4n) is 4.59. The summed E-state index contributed by atoms with van der Waals surface area (Å²) in [6.07, 6.45) is 7.39. The number of likely N-dealkylation sites (N-methyl/N-ethyl adjacent to an activating group) is 2. The number of aromatic nitrogens is 2. The molecule has 0 aliphatic carbocycles. The molecule has 0 fully saturated rings. The molecule has 11 nitrogen and oxygen atoms in total. The van der Waals surface area contributed by atoms with E-state index in [1.807, 2.05) is 60.5 Å². The second kappa shape index (κ2) is 34.8. The molecule has 58 heavy (non-hydrogen) atoms. The molecular formula is C42H48ClN6O5V3W-. The zero-order chi connectivity index (χ0) is 39.7. The molecule has 1 aliphatic rings. The number of urea groups is 1. The molecule has 2 aromatic heterocycles. The summed E-state index contributed by atoms with van der Waals surface area (Å²) < 4.78 is 9.96. The van der Waals surface area contributed by atoms with Crippen LogP contribution in [-0.2, 0) is 106 Å². The van der Waals surface area contributed by atoms with Gasteiger partial charge in [0.15, 0.2) is 0 Å². The van der Waals surface area contributed by atoms with Gasteiger partial charge in [0, 0.05) is 46.4 Å². The largest absolute Gasteiger partial charge is 2.00 e. The first-order valence-electron chi connectivity index (χ1n) is 17.4. The van der Waals surface area contributed by atoms with Gasteiger partial charge in [-0.2, -0.15) is 58.0 Å². The second-order valence-corrected chi connectivity index (χ2v) is 11.7. The normalized spacial score (nSPS) is 10.2. The molecule has 0 unspecified atom stereocenters. The molecule has 5 aromatic rings. The van der Waals surface area contributed by atoms with Crippen molar-refractivity contribution in [1.29, 1.82) is 0 Å². The number of fused-ring (bicyclic) bond motifs is 1. The van der Waals surface area contributed by atoms with E-state index in [1.54, 1.807) is 53.4 Å². The Morgan fingerprint density at radius 3 is 1.79 bits per heavy atom. The number of benzene rings is 3. The minimum atomic E-state index is -0.166. The van der Waals surface area contributed by atoms with Crippen molar-refractivity contribution in [3.63, 3.8) is 0 Å². The first-order chi connectivity index (χ1) is 26.2. The molecule has 0 saturated carbocycles. The zero-order valence-electron chi connectivity index (χ0n) is 33.5. The van der Waals surface area contributed by atoms with Gasteiger partial charge in [-0.15, -0.1) is 41.9 Å². The molecule has 0 atom stereocenters. The molecule has 0 bridgehead atoms. The van der Waals surface area contributed by atoms with Gasteiger partial charge in [-0.05, 0) is 25.1 Å². The average molecular weight is 1090 g/mol. The number of carbonyl (C=O) groups is 3. The van der Waals surface area contributed by atoms with Gasteiger partial charge in [-0.25, -0.2) is 4.79 Å². The van der Waals surface area contributed by atoms with Crippen LogP contribution in [0.2, 0.25) is 5.02 Å². The summed E-state index contributed by atoms with van der Waals surface area (Å²) in [7, 11) is 0. The molecule has 16 heteroatoms. The Labute approximate surface area is 399 Å². The predicted octanol–water partition coefficient (Wildman–Crippen LogP) is 7.90. The van der Waals surface area contributed by atoms with Crippen molar-refractivity contribution in [2.45, 2.75) is 60.9 Å². The van der Waals surface area contributed by atoms with Gasteiger partial charge in [0.1, 0.15) is 0 Å². The van der Waals surface area contributed by atoms with Gasteiger partial charge in [0.25, 0.3) is 0 Å². The van der Waals surface area contributed by atoms with E-state index in [1.165, 1.54) is 12.5 Å². The maximum Gasteiger partial charge on any atom is 2.00 e. The molecule has 4 amide bonds. The van der Waals surface area contributed by atoms with Gasteiger partial charge in [0.2, 0.25) is 11.8 Å². The van der Waals surface area contributed by atoms with E-state index in [4.69, 9.17) is 20.6 Å². The van der Waals surface area contributed by atoms with Crippen LogP contribution < -0.4 is 20.9 Å². The third kappa shape index (κ3) is 20.8. The Morgan fingerprint density at radius 1 is 0.845 bits per heavy atom. The molecule has 305 valence electrons. The standard InChI is InChI=1S/C17H18N4O3.C13H12N2O2.C6H4Cl.2C3H7.3V.W/c1-3-18-16(22)8-14-13(10-24-20-14)11-5-6-15-12(7-11)9-19-17(23)21(15)4-2;1-2-14-13(16)8-12-11(9-17-15-12)10-6-4-3-5-7-10;7-6-4-2-1-3-5-6;2*1-3-2;;;;/h6-7,10H,2-4,8-9H2,1H3,(H,18,22)(H,19,23);3-4,7,9H,2,8H2,1H3,(H,14,16);2-5H;2*3H,1-2H3;;;;/q2*-2;3*-1;3*+2;. The zero-order valence-corrected chi connectivity index (χ0v) is 41.3. The molecular weight excluding hydrogens is 1040 g/mol. The van der Waals surface area contributed by atoms with Crippen molar-refractivity contribution in [2.24, 2.45) is 0 Å². The minimum Gasteiger partial charge on any atom is -0.376 e. The maximum absolute atomic E-state index is 11.8. The van der Waals surface area contributed by atoms with Gasteiger partial charge in [-0.3, -0.25) is 45.5 Å². The summed E-state index contributed by atoms with van der Waals surface area (Å²) in [6.45, 7) is 17.5. The first kappa shape index (κ1) is 59.3. The van der Waals surface area contributed by atoms with Crippen molar-refractivity contribution >= 4 is 35.1 Å².